The minimum absolute atomic E-state index is 0.0153. The molecule has 0 saturated heterocycles. The highest BCUT2D eigenvalue weighted by atomic mass is 16.5. The van der Waals surface area contributed by atoms with Gasteiger partial charge in [-0.05, 0) is 35.4 Å². The molecule has 0 radical (unpaired) electrons. The molecule has 2 aromatic carbocycles. The summed E-state index contributed by atoms with van der Waals surface area (Å²) < 4.78 is 16.5. The van der Waals surface area contributed by atoms with Crippen molar-refractivity contribution in [2.24, 2.45) is 5.11 Å². The Hall–Kier alpha value is -3.44. The maximum Gasteiger partial charge on any atom is 0.192 e. The van der Waals surface area contributed by atoms with E-state index < -0.39 is 0 Å². The second-order valence-corrected chi connectivity index (χ2v) is 5.26. The largest absolute Gasteiger partial charge is 0.497 e. The average molecular weight is 337 g/mol. The normalized spacial score (nSPS) is 10.3. The number of methoxy groups -OCH3 is 1. The summed E-state index contributed by atoms with van der Waals surface area (Å²) in [6, 6.07) is 13.9. The molecule has 126 valence electrons. The van der Waals surface area contributed by atoms with Crippen LogP contribution in [0.5, 0.6) is 11.5 Å². The minimum Gasteiger partial charge on any atom is -0.497 e. The Morgan fingerprint density at radius 2 is 1.88 bits per heavy atom. The summed E-state index contributed by atoms with van der Waals surface area (Å²) >= 11 is 0. The molecule has 0 amide bonds. The maximum absolute atomic E-state index is 12.1. The molecular weight excluding hydrogens is 322 g/mol. The van der Waals surface area contributed by atoms with Gasteiger partial charge in [0.2, 0.25) is 0 Å². The molecule has 1 heterocycles. The molecule has 3 rings (SSSR count). The van der Waals surface area contributed by atoms with Crippen molar-refractivity contribution in [3.05, 3.63) is 80.5 Å². The van der Waals surface area contributed by atoms with E-state index in [2.05, 4.69) is 10.0 Å². The Kier molecular flexibility index (Phi) is 4.87. The summed E-state index contributed by atoms with van der Waals surface area (Å²) in [6.45, 7) is 0.358. The Labute approximate surface area is 143 Å². The molecule has 0 aliphatic rings. The Morgan fingerprint density at radius 1 is 1.12 bits per heavy atom. The minimum atomic E-state index is -0.189. The molecule has 0 saturated carbocycles. The fraction of sp³-hybridized carbons (Fsp3) is 0.167. The molecule has 7 nitrogen and oxygen atoms in total. The van der Waals surface area contributed by atoms with E-state index in [1.54, 1.807) is 25.3 Å². The highest BCUT2D eigenvalue weighted by molar-refractivity contribution is 5.77. The second-order valence-electron chi connectivity index (χ2n) is 5.26. The zero-order valence-corrected chi connectivity index (χ0v) is 13.5. The van der Waals surface area contributed by atoms with E-state index in [1.807, 2.05) is 24.3 Å². The van der Waals surface area contributed by atoms with Crippen LogP contribution in [-0.2, 0) is 13.2 Å². The van der Waals surface area contributed by atoms with Crippen LogP contribution in [-0.4, -0.2) is 7.11 Å². The van der Waals surface area contributed by atoms with Gasteiger partial charge in [-0.3, -0.25) is 4.79 Å². The predicted octanol–water partition coefficient (Wildman–Crippen LogP) is 4.19. The molecule has 0 aliphatic carbocycles. The number of rotatable bonds is 6. The zero-order chi connectivity index (χ0) is 17.6. The predicted molar refractivity (Wildman–Crippen MR) is 92.7 cm³/mol. The average Bonchev–Trinajstić information content (AvgIpc) is 2.65. The van der Waals surface area contributed by atoms with E-state index in [9.17, 15) is 4.79 Å². The van der Waals surface area contributed by atoms with Crippen LogP contribution < -0.4 is 14.9 Å². The van der Waals surface area contributed by atoms with Gasteiger partial charge < -0.3 is 13.9 Å². The first-order chi connectivity index (χ1) is 12.2. The van der Waals surface area contributed by atoms with E-state index in [0.29, 0.717) is 29.1 Å². The van der Waals surface area contributed by atoms with Gasteiger partial charge in [-0.25, -0.2) is 0 Å². The molecule has 1 aromatic heterocycles. The first kappa shape index (κ1) is 16.4. The molecule has 7 heteroatoms. The smallest absolute Gasteiger partial charge is 0.192 e. The van der Waals surface area contributed by atoms with Crippen LogP contribution >= 0.6 is 0 Å². The number of nitrogens with zero attached hydrogens (tertiary/aromatic N) is 3. The second kappa shape index (κ2) is 7.42. The number of fused-ring (bicyclic) bond motifs is 1. The first-order valence-electron chi connectivity index (χ1n) is 7.53. The summed E-state index contributed by atoms with van der Waals surface area (Å²) in [4.78, 5) is 14.7. The van der Waals surface area contributed by atoms with Crippen molar-refractivity contribution in [2.45, 2.75) is 13.2 Å². The molecular formula is C18H15N3O4. The fourth-order valence-corrected chi connectivity index (χ4v) is 2.34. The third kappa shape index (κ3) is 3.91. The molecule has 25 heavy (non-hydrogen) atoms. The van der Waals surface area contributed by atoms with E-state index in [0.717, 1.165) is 11.3 Å². The van der Waals surface area contributed by atoms with Gasteiger partial charge in [0.1, 0.15) is 29.4 Å². The lowest BCUT2D eigenvalue weighted by Crippen LogP contribution is -2.02. The van der Waals surface area contributed by atoms with Crippen LogP contribution in [0.2, 0.25) is 0 Å². The molecule has 0 unspecified atom stereocenters. The first-order valence-corrected chi connectivity index (χ1v) is 7.53. The zero-order valence-electron chi connectivity index (χ0n) is 13.5. The monoisotopic (exact) mass is 337 g/mol. The molecule has 0 atom stereocenters. The number of hydrogen-bond acceptors (Lipinski definition) is 5. The van der Waals surface area contributed by atoms with Gasteiger partial charge in [0.25, 0.3) is 0 Å². The molecule has 0 N–H and O–H groups in total. The summed E-state index contributed by atoms with van der Waals surface area (Å²) in [5.74, 6) is 1.67. The Balaban J connectivity index is 1.81. The topological polar surface area (TPSA) is 97.4 Å². The van der Waals surface area contributed by atoms with Gasteiger partial charge in [0, 0.05) is 17.0 Å². The lowest BCUT2D eigenvalue weighted by atomic mass is 10.2. The summed E-state index contributed by atoms with van der Waals surface area (Å²) in [5, 5.41) is 3.85. The van der Waals surface area contributed by atoms with Crippen LogP contribution in [0.25, 0.3) is 21.4 Å². The van der Waals surface area contributed by atoms with Crippen molar-refractivity contribution in [3.8, 4) is 11.5 Å². The molecule has 3 aromatic rings. The van der Waals surface area contributed by atoms with Gasteiger partial charge in [-0.15, -0.1) is 0 Å². The van der Waals surface area contributed by atoms with Gasteiger partial charge in [-0.1, -0.05) is 17.2 Å². The summed E-state index contributed by atoms with van der Waals surface area (Å²) in [5.41, 5.74) is 9.56. The van der Waals surface area contributed by atoms with Crippen molar-refractivity contribution in [2.75, 3.05) is 7.11 Å². The number of hydrogen-bond donors (Lipinski definition) is 0. The quantitative estimate of drug-likeness (QED) is 0.382. The van der Waals surface area contributed by atoms with Gasteiger partial charge in [0.15, 0.2) is 5.43 Å². The van der Waals surface area contributed by atoms with Crippen molar-refractivity contribution in [1.29, 1.82) is 0 Å². The third-order valence-corrected chi connectivity index (χ3v) is 3.61. The highest BCUT2D eigenvalue weighted by Crippen LogP contribution is 2.21. The van der Waals surface area contributed by atoms with Crippen LogP contribution in [0, 0.1) is 0 Å². The standard InChI is InChI=1S/C18H15N3O4/c1-23-13-4-2-12(3-5-13)11-24-14-6-7-16-17(22)8-15(10-20-21-19)25-18(16)9-14/h2-9H,10-11H2,1H3. The maximum atomic E-state index is 12.1. The van der Waals surface area contributed by atoms with Crippen LogP contribution in [0.3, 0.4) is 0 Å². The van der Waals surface area contributed by atoms with Crippen LogP contribution in [0.15, 0.2) is 62.9 Å². The van der Waals surface area contributed by atoms with Crippen molar-refractivity contribution < 1.29 is 13.9 Å². The number of azide groups is 1. The van der Waals surface area contributed by atoms with Crippen molar-refractivity contribution >= 4 is 11.0 Å². The van der Waals surface area contributed by atoms with E-state index in [4.69, 9.17) is 19.4 Å². The third-order valence-electron chi connectivity index (χ3n) is 3.61. The Bertz CT molecular complexity index is 989. The molecule has 0 aliphatic heterocycles. The lowest BCUT2D eigenvalue weighted by Gasteiger charge is -2.08. The van der Waals surface area contributed by atoms with Gasteiger partial charge >= 0.3 is 0 Å². The van der Waals surface area contributed by atoms with Crippen molar-refractivity contribution in [3.63, 3.8) is 0 Å². The van der Waals surface area contributed by atoms with Gasteiger partial charge in [-0.2, -0.15) is 0 Å². The highest BCUT2D eigenvalue weighted by Gasteiger charge is 2.06. The van der Waals surface area contributed by atoms with E-state index in [-0.39, 0.29) is 12.0 Å². The molecule has 0 bridgehead atoms. The number of ether oxygens (including phenoxy) is 2. The fourth-order valence-electron chi connectivity index (χ4n) is 2.34. The summed E-state index contributed by atoms with van der Waals surface area (Å²) in [7, 11) is 1.62. The SMILES string of the molecule is COc1ccc(COc2ccc3c(=O)cc(CN=[N+]=[N-])oc3c2)cc1. The molecule has 0 spiro atoms. The lowest BCUT2D eigenvalue weighted by molar-refractivity contribution is 0.306. The van der Waals surface area contributed by atoms with Crippen molar-refractivity contribution in [1.82, 2.24) is 0 Å². The van der Waals surface area contributed by atoms with Crippen LogP contribution in [0.4, 0.5) is 0 Å². The summed E-state index contributed by atoms with van der Waals surface area (Å²) in [6.07, 6.45) is 0. The van der Waals surface area contributed by atoms with Crippen LogP contribution in [0.1, 0.15) is 11.3 Å². The number of benzene rings is 2. The van der Waals surface area contributed by atoms with Gasteiger partial charge in [0.05, 0.1) is 19.0 Å². The molecule has 0 fully saturated rings. The van der Waals surface area contributed by atoms with E-state index in [1.165, 1.54) is 6.07 Å². The van der Waals surface area contributed by atoms with E-state index >= 15 is 0 Å². The Morgan fingerprint density at radius 3 is 2.60 bits per heavy atom.